The molecular weight excluding hydrogens is 300 g/mol. The number of hydrogen-bond acceptors (Lipinski definition) is 2. The highest BCUT2D eigenvalue weighted by atomic mass is 79.9. The van der Waals surface area contributed by atoms with Crippen LogP contribution in [0.2, 0.25) is 0 Å². The van der Waals surface area contributed by atoms with Crippen LogP contribution in [-0.2, 0) is 6.54 Å². The predicted molar refractivity (Wildman–Crippen MR) is 76.0 cm³/mol. The van der Waals surface area contributed by atoms with E-state index < -0.39 is 0 Å². The molecule has 6 heteroatoms. The molecule has 0 spiro atoms. The number of hydrogen-bond donors (Lipinski definition) is 2. The monoisotopic (exact) mass is 316 g/mol. The van der Waals surface area contributed by atoms with Gasteiger partial charge in [-0.1, -0.05) is 0 Å². The fraction of sp³-hybridized carbons (Fsp3) is 0.636. The lowest BCUT2D eigenvalue weighted by Gasteiger charge is -2.09. The third-order valence-corrected chi connectivity index (χ3v) is 3.69. The summed E-state index contributed by atoms with van der Waals surface area (Å²) in [4.78, 5) is 0. The van der Waals surface area contributed by atoms with Crippen molar-refractivity contribution in [3.05, 3.63) is 16.4 Å². The lowest BCUT2D eigenvalue weighted by atomic mass is 10.4. The summed E-state index contributed by atoms with van der Waals surface area (Å²) in [7, 11) is 0. The second kappa shape index (κ2) is 5.82. The molecule has 2 rings (SSSR count). The topological polar surface area (TPSA) is 41.9 Å². The molecule has 17 heavy (non-hydrogen) atoms. The fourth-order valence-electron chi connectivity index (χ4n) is 1.52. The fourth-order valence-corrected chi connectivity index (χ4v) is 2.10. The summed E-state index contributed by atoms with van der Waals surface area (Å²) in [5, 5.41) is 11.6. The average molecular weight is 317 g/mol. The van der Waals surface area contributed by atoms with E-state index >= 15 is 0 Å². The van der Waals surface area contributed by atoms with Crippen molar-refractivity contribution < 1.29 is 0 Å². The number of rotatable bonds is 5. The van der Waals surface area contributed by atoms with Crippen LogP contribution in [0.5, 0.6) is 0 Å². The molecular formula is C11H17BrN4S. The van der Waals surface area contributed by atoms with E-state index in [2.05, 4.69) is 31.7 Å². The van der Waals surface area contributed by atoms with Crippen molar-refractivity contribution in [1.29, 1.82) is 0 Å². The Balaban J connectivity index is 1.60. The van der Waals surface area contributed by atoms with Gasteiger partial charge in [0.2, 0.25) is 0 Å². The van der Waals surface area contributed by atoms with Crippen LogP contribution in [0.15, 0.2) is 10.7 Å². The summed E-state index contributed by atoms with van der Waals surface area (Å²) >= 11 is 8.63. The molecule has 94 valence electrons. The first-order valence-corrected chi connectivity index (χ1v) is 7.09. The maximum Gasteiger partial charge on any atom is 0.166 e. The molecule has 0 unspecified atom stereocenters. The number of nitrogens with zero attached hydrogens (tertiary/aromatic N) is 2. The van der Waals surface area contributed by atoms with Crippen LogP contribution < -0.4 is 10.6 Å². The van der Waals surface area contributed by atoms with Crippen LogP contribution in [0.25, 0.3) is 0 Å². The Labute approximate surface area is 115 Å². The quantitative estimate of drug-likeness (QED) is 0.644. The van der Waals surface area contributed by atoms with Crippen LogP contribution in [-0.4, -0.2) is 27.5 Å². The molecule has 1 heterocycles. The molecule has 1 aromatic rings. The molecule has 1 fully saturated rings. The Morgan fingerprint density at radius 2 is 2.41 bits per heavy atom. The molecule has 0 saturated heterocycles. The molecule has 4 nitrogen and oxygen atoms in total. The molecule has 0 bridgehead atoms. The Morgan fingerprint density at radius 3 is 3.00 bits per heavy atom. The lowest BCUT2D eigenvalue weighted by Crippen LogP contribution is -2.37. The van der Waals surface area contributed by atoms with E-state index in [4.69, 9.17) is 12.2 Å². The highest BCUT2D eigenvalue weighted by Gasteiger charge is 2.21. The molecule has 1 aromatic heterocycles. The molecule has 0 radical (unpaired) electrons. The van der Waals surface area contributed by atoms with Gasteiger partial charge < -0.3 is 10.6 Å². The Bertz CT molecular complexity index is 381. The van der Waals surface area contributed by atoms with Gasteiger partial charge in [0.25, 0.3) is 0 Å². The zero-order chi connectivity index (χ0) is 12.3. The third kappa shape index (κ3) is 4.27. The highest BCUT2D eigenvalue weighted by Crippen LogP contribution is 2.18. The largest absolute Gasteiger partial charge is 0.363 e. The Morgan fingerprint density at radius 1 is 1.65 bits per heavy atom. The first-order chi connectivity index (χ1) is 8.15. The van der Waals surface area contributed by atoms with Crippen LogP contribution >= 0.6 is 28.1 Å². The smallest absolute Gasteiger partial charge is 0.166 e. The summed E-state index contributed by atoms with van der Waals surface area (Å²) in [5.74, 6) is 0. The predicted octanol–water partition coefficient (Wildman–Crippen LogP) is 1.97. The van der Waals surface area contributed by atoms with E-state index in [0.717, 1.165) is 34.8 Å². The number of aromatic nitrogens is 2. The summed E-state index contributed by atoms with van der Waals surface area (Å²) in [6, 6.07) is 0.625. The molecule has 1 aliphatic carbocycles. The van der Waals surface area contributed by atoms with Gasteiger partial charge in [0.1, 0.15) is 0 Å². The number of aryl methyl sites for hydroxylation is 2. The zero-order valence-electron chi connectivity index (χ0n) is 9.87. The van der Waals surface area contributed by atoms with Gasteiger partial charge in [0.15, 0.2) is 5.11 Å². The maximum atomic E-state index is 5.17. The summed E-state index contributed by atoms with van der Waals surface area (Å²) in [6.45, 7) is 3.79. The first kappa shape index (κ1) is 12.8. The molecule has 0 amide bonds. The lowest BCUT2D eigenvalue weighted by molar-refractivity contribution is 0.568. The summed E-state index contributed by atoms with van der Waals surface area (Å²) < 4.78 is 3.02. The van der Waals surface area contributed by atoms with Crippen molar-refractivity contribution >= 4 is 33.3 Å². The SMILES string of the molecule is Cc1nn(CCCNC(=S)NC2CC2)cc1Br. The van der Waals surface area contributed by atoms with Crippen LogP contribution in [0.1, 0.15) is 25.0 Å². The maximum absolute atomic E-state index is 5.17. The first-order valence-electron chi connectivity index (χ1n) is 5.89. The van der Waals surface area contributed by atoms with Crippen molar-refractivity contribution in [1.82, 2.24) is 20.4 Å². The zero-order valence-corrected chi connectivity index (χ0v) is 12.3. The Kier molecular flexibility index (Phi) is 4.39. The van der Waals surface area contributed by atoms with E-state index in [1.165, 1.54) is 12.8 Å². The number of thiocarbonyl (C=S) groups is 1. The third-order valence-electron chi connectivity index (χ3n) is 2.65. The van der Waals surface area contributed by atoms with Crippen LogP contribution in [0.3, 0.4) is 0 Å². The normalized spacial score (nSPS) is 14.7. The number of nitrogens with one attached hydrogen (secondary N) is 2. The van der Waals surface area contributed by atoms with E-state index in [1.54, 1.807) is 0 Å². The minimum atomic E-state index is 0.625. The van der Waals surface area contributed by atoms with Gasteiger partial charge in [0.05, 0.1) is 10.2 Å². The minimum Gasteiger partial charge on any atom is -0.363 e. The van der Waals surface area contributed by atoms with Crippen molar-refractivity contribution in [2.24, 2.45) is 0 Å². The van der Waals surface area contributed by atoms with Crippen LogP contribution in [0.4, 0.5) is 0 Å². The standard InChI is InChI=1S/C11H17BrN4S/c1-8-10(12)7-16(15-8)6-2-5-13-11(17)14-9-3-4-9/h7,9H,2-6H2,1H3,(H2,13,14,17). The van der Waals surface area contributed by atoms with Gasteiger partial charge in [-0.15, -0.1) is 0 Å². The van der Waals surface area contributed by atoms with Crippen molar-refractivity contribution in [2.75, 3.05) is 6.54 Å². The molecule has 0 aromatic carbocycles. The van der Waals surface area contributed by atoms with Crippen LogP contribution in [0, 0.1) is 6.92 Å². The van der Waals surface area contributed by atoms with Gasteiger partial charge >= 0.3 is 0 Å². The van der Waals surface area contributed by atoms with E-state index in [-0.39, 0.29) is 0 Å². The van der Waals surface area contributed by atoms with Crippen molar-refractivity contribution in [3.63, 3.8) is 0 Å². The molecule has 1 saturated carbocycles. The van der Waals surface area contributed by atoms with Gasteiger partial charge in [-0.05, 0) is 54.3 Å². The molecule has 1 aliphatic rings. The summed E-state index contributed by atoms with van der Waals surface area (Å²) in [5.41, 5.74) is 1.03. The molecule has 2 N–H and O–H groups in total. The van der Waals surface area contributed by atoms with E-state index in [1.807, 2.05) is 17.8 Å². The van der Waals surface area contributed by atoms with Gasteiger partial charge in [-0.3, -0.25) is 4.68 Å². The highest BCUT2D eigenvalue weighted by molar-refractivity contribution is 9.10. The van der Waals surface area contributed by atoms with Gasteiger partial charge in [-0.2, -0.15) is 5.10 Å². The average Bonchev–Trinajstić information content (AvgIpc) is 3.02. The second-order valence-electron chi connectivity index (χ2n) is 4.35. The van der Waals surface area contributed by atoms with Gasteiger partial charge in [0, 0.05) is 25.3 Å². The second-order valence-corrected chi connectivity index (χ2v) is 5.62. The van der Waals surface area contributed by atoms with Crippen molar-refractivity contribution in [2.45, 2.75) is 38.8 Å². The molecule has 0 aliphatic heterocycles. The van der Waals surface area contributed by atoms with Gasteiger partial charge in [-0.25, -0.2) is 0 Å². The molecule has 0 atom stereocenters. The van der Waals surface area contributed by atoms with Crippen molar-refractivity contribution in [3.8, 4) is 0 Å². The number of halogens is 1. The Hall–Kier alpha value is -0.620. The summed E-state index contributed by atoms with van der Waals surface area (Å²) in [6.07, 6.45) is 5.53. The van der Waals surface area contributed by atoms with E-state index in [9.17, 15) is 0 Å². The minimum absolute atomic E-state index is 0.625. The van der Waals surface area contributed by atoms with E-state index in [0.29, 0.717) is 6.04 Å².